The standard InChI is InChI=1S/C24H24FN3O7S2/c1-5-28-24(35-37(32,33)17-10-8-16(25)9-11-17)18(13-26-28)22(29)20-12-19(27-34-4)21-14(2)6-7-15(3)23(21)36(20,30)31/h6-11,13,20H,5,12H2,1-4H3. The van der Waals surface area contributed by atoms with Crippen molar-refractivity contribution in [2.45, 2.75) is 48.8 Å². The van der Waals surface area contributed by atoms with Crippen LogP contribution in [-0.4, -0.2) is 50.5 Å². The van der Waals surface area contributed by atoms with E-state index in [-0.39, 0.29) is 34.0 Å². The number of rotatable bonds is 7. The highest BCUT2D eigenvalue weighted by Crippen LogP contribution is 2.37. The Balaban J connectivity index is 1.82. The van der Waals surface area contributed by atoms with Crippen LogP contribution in [0, 0.1) is 19.7 Å². The molecule has 196 valence electrons. The molecule has 1 aliphatic heterocycles. The zero-order valence-electron chi connectivity index (χ0n) is 20.4. The molecule has 1 atom stereocenters. The first kappa shape index (κ1) is 26.5. The largest absolute Gasteiger partial charge is 0.399 e. The van der Waals surface area contributed by atoms with Crippen LogP contribution in [-0.2, 0) is 31.3 Å². The van der Waals surface area contributed by atoms with Crippen molar-refractivity contribution in [2.75, 3.05) is 7.11 Å². The van der Waals surface area contributed by atoms with Gasteiger partial charge in [0.25, 0.3) is 0 Å². The van der Waals surface area contributed by atoms with Crippen LogP contribution < -0.4 is 4.18 Å². The van der Waals surface area contributed by atoms with Crippen LogP contribution in [0.25, 0.3) is 0 Å². The monoisotopic (exact) mass is 549 g/mol. The first-order valence-electron chi connectivity index (χ1n) is 11.2. The summed E-state index contributed by atoms with van der Waals surface area (Å²) in [5.74, 6) is -1.99. The van der Waals surface area contributed by atoms with E-state index in [0.29, 0.717) is 16.7 Å². The molecule has 2 heterocycles. The maximum Gasteiger partial charge on any atom is 0.340 e. The second-order valence-electron chi connectivity index (χ2n) is 8.40. The molecule has 0 aliphatic carbocycles. The molecule has 0 spiro atoms. The van der Waals surface area contributed by atoms with Crippen LogP contribution in [0.2, 0.25) is 0 Å². The van der Waals surface area contributed by atoms with E-state index < -0.39 is 42.7 Å². The molecule has 13 heteroatoms. The lowest BCUT2D eigenvalue weighted by molar-refractivity contribution is 0.0986. The van der Waals surface area contributed by atoms with Gasteiger partial charge >= 0.3 is 10.1 Å². The minimum atomic E-state index is -4.50. The van der Waals surface area contributed by atoms with E-state index in [4.69, 9.17) is 9.02 Å². The number of nitrogens with zero attached hydrogens (tertiary/aromatic N) is 3. The van der Waals surface area contributed by atoms with Crippen molar-refractivity contribution in [1.29, 1.82) is 0 Å². The molecule has 2 aromatic carbocycles. The Bertz CT molecular complexity index is 1630. The van der Waals surface area contributed by atoms with E-state index in [9.17, 15) is 26.0 Å². The number of sulfone groups is 1. The maximum absolute atomic E-state index is 13.7. The maximum atomic E-state index is 13.7. The summed E-state index contributed by atoms with van der Waals surface area (Å²) in [5.41, 5.74) is 1.41. The molecule has 1 aromatic heterocycles. The van der Waals surface area contributed by atoms with Crippen molar-refractivity contribution < 1.29 is 35.0 Å². The number of oxime groups is 1. The van der Waals surface area contributed by atoms with Gasteiger partial charge < -0.3 is 9.02 Å². The first-order chi connectivity index (χ1) is 17.4. The zero-order valence-corrected chi connectivity index (χ0v) is 22.1. The Morgan fingerprint density at radius 1 is 1.16 bits per heavy atom. The number of halogens is 1. The fourth-order valence-corrected chi connectivity index (χ4v) is 7.35. The van der Waals surface area contributed by atoms with Gasteiger partial charge in [0.2, 0.25) is 5.88 Å². The van der Waals surface area contributed by atoms with Gasteiger partial charge in [-0.3, -0.25) is 4.79 Å². The third-order valence-corrected chi connectivity index (χ3v) is 9.48. The zero-order chi connectivity index (χ0) is 27.1. The highest BCUT2D eigenvalue weighted by molar-refractivity contribution is 7.93. The lowest BCUT2D eigenvalue weighted by Crippen LogP contribution is -2.39. The molecule has 0 fully saturated rings. The Morgan fingerprint density at radius 3 is 2.43 bits per heavy atom. The number of Topliss-reactive ketones (excluding diaryl/α,β-unsaturated/α-hetero) is 1. The summed E-state index contributed by atoms with van der Waals surface area (Å²) in [5, 5.41) is 6.38. The van der Waals surface area contributed by atoms with E-state index >= 15 is 0 Å². The number of hydrogen-bond acceptors (Lipinski definition) is 9. The number of aromatic nitrogens is 2. The molecule has 37 heavy (non-hydrogen) atoms. The molecule has 3 aromatic rings. The lowest BCUT2D eigenvalue weighted by Gasteiger charge is -2.27. The van der Waals surface area contributed by atoms with Crippen LogP contribution in [0.4, 0.5) is 4.39 Å². The Kier molecular flexibility index (Phi) is 6.95. The fraction of sp³-hybridized carbons (Fsp3) is 0.292. The Morgan fingerprint density at radius 2 is 1.81 bits per heavy atom. The van der Waals surface area contributed by atoms with Crippen LogP contribution in [0.15, 0.2) is 57.5 Å². The topological polar surface area (TPSA) is 134 Å². The van der Waals surface area contributed by atoms with E-state index in [1.54, 1.807) is 32.9 Å². The van der Waals surface area contributed by atoms with E-state index in [0.717, 1.165) is 35.1 Å². The second-order valence-corrected chi connectivity index (χ2v) is 12.0. The van der Waals surface area contributed by atoms with Crippen molar-refractivity contribution in [3.63, 3.8) is 0 Å². The number of hydrogen-bond donors (Lipinski definition) is 0. The SMILES string of the molecule is CCn1ncc(C(=O)C2CC(=NOC)c3c(C)ccc(C)c3S2(=O)=O)c1OS(=O)(=O)c1ccc(F)cc1. The average Bonchev–Trinajstić information content (AvgIpc) is 3.24. The van der Waals surface area contributed by atoms with E-state index in [1.807, 2.05) is 0 Å². The van der Waals surface area contributed by atoms with Crippen molar-refractivity contribution in [3.8, 4) is 5.88 Å². The summed E-state index contributed by atoms with van der Waals surface area (Å²) in [4.78, 5) is 18.3. The van der Waals surface area contributed by atoms with Gasteiger partial charge in [-0.1, -0.05) is 17.3 Å². The smallest absolute Gasteiger partial charge is 0.340 e. The van der Waals surface area contributed by atoms with Gasteiger partial charge in [0.15, 0.2) is 15.6 Å². The van der Waals surface area contributed by atoms with Gasteiger partial charge in [-0.25, -0.2) is 17.5 Å². The summed E-state index contributed by atoms with van der Waals surface area (Å²) in [7, 11) is -7.41. The van der Waals surface area contributed by atoms with Gasteiger partial charge in [-0.2, -0.15) is 13.5 Å². The van der Waals surface area contributed by atoms with E-state index in [2.05, 4.69) is 10.3 Å². The average molecular weight is 550 g/mol. The Labute approximate surface area is 213 Å². The van der Waals surface area contributed by atoms with Gasteiger partial charge in [-0.05, 0) is 56.2 Å². The molecule has 4 rings (SSSR count). The predicted molar refractivity (Wildman–Crippen MR) is 131 cm³/mol. The molecular weight excluding hydrogens is 525 g/mol. The fourth-order valence-electron chi connectivity index (χ4n) is 4.25. The van der Waals surface area contributed by atoms with Gasteiger partial charge in [0, 0.05) is 18.5 Å². The number of carbonyl (C=O) groups is 1. The van der Waals surface area contributed by atoms with E-state index in [1.165, 1.54) is 7.11 Å². The highest BCUT2D eigenvalue weighted by atomic mass is 32.2. The molecule has 1 unspecified atom stereocenters. The van der Waals surface area contributed by atoms with Crippen molar-refractivity contribution in [1.82, 2.24) is 9.78 Å². The highest BCUT2D eigenvalue weighted by Gasteiger charge is 2.45. The summed E-state index contributed by atoms with van der Waals surface area (Å²) >= 11 is 0. The summed E-state index contributed by atoms with van der Waals surface area (Å²) in [6.45, 7) is 5.11. The minimum absolute atomic E-state index is 0.0304. The third-order valence-electron chi connectivity index (χ3n) is 6.03. The van der Waals surface area contributed by atoms with Crippen molar-refractivity contribution in [2.24, 2.45) is 5.16 Å². The van der Waals surface area contributed by atoms with Crippen LogP contribution >= 0.6 is 0 Å². The van der Waals surface area contributed by atoms with Gasteiger partial charge in [0.05, 0.1) is 16.8 Å². The second kappa shape index (κ2) is 9.71. The number of aryl methyl sites for hydroxylation is 3. The molecule has 0 amide bonds. The number of ketones is 1. The van der Waals surface area contributed by atoms with Gasteiger partial charge in [0.1, 0.15) is 28.6 Å². The van der Waals surface area contributed by atoms with Crippen LogP contribution in [0.3, 0.4) is 0 Å². The molecule has 0 radical (unpaired) electrons. The minimum Gasteiger partial charge on any atom is -0.399 e. The summed E-state index contributed by atoms with van der Waals surface area (Å²) < 4.78 is 72.9. The van der Waals surface area contributed by atoms with Crippen molar-refractivity contribution in [3.05, 3.63) is 70.7 Å². The lowest BCUT2D eigenvalue weighted by atomic mass is 9.95. The van der Waals surface area contributed by atoms with Crippen LogP contribution in [0.1, 0.15) is 40.4 Å². The molecule has 0 saturated carbocycles. The Hall–Kier alpha value is -3.58. The molecular formula is C24H24FN3O7S2. The number of carbonyl (C=O) groups excluding carboxylic acids is 1. The predicted octanol–water partition coefficient (Wildman–Crippen LogP) is 3.21. The number of benzene rings is 2. The van der Waals surface area contributed by atoms with Crippen molar-refractivity contribution >= 4 is 31.5 Å². The molecule has 10 nitrogen and oxygen atoms in total. The molecule has 0 N–H and O–H groups in total. The first-order valence-corrected chi connectivity index (χ1v) is 14.1. The molecule has 0 saturated heterocycles. The summed E-state index contributed by atoms with van der Waals surface area (Å²) in [6, 6.07) is 7.33. The summed E-state index contributed by atoms with van der Waals surface area (Å²) in [6.07, 6.45) is 0.774. The number of fused-ring (bicyclic) bond motifs is 1. The normalized spacial score (nSPS) is 17.9. The van der Waals surface area contributed by atoms with Gasteiger partial charge in [-0.15, -0.1) is 0 Å². The quantitative estimate of drug-likeness (QED) is 0.249. The molecule has 1 aliphatic rings. The van der Waals surface area contributed by atoms with Crippen LogP contribution in [0.5, 0.6) is 5.88 Å². The third kappa shape index (κ3) is 4.64. The molecule has 0 bridgehead atoms.